The number of fused-ring (bicyclic) bond motifs is 2. The van der Waals surface area contributed by atoms with Crippen LogP contribution in [0.25, 0.3) is 0 Å². The average Bonchev–Trinajstić information content (AvgIpc) is 2.57. The Balaban J connectivity index is 2.11. The second-order valence-corrected chi connectivity index (χ2v) is 3.85. The van der Waals surface area contributed by atoms with E-state index < -0.39 is 0 Å². The van der Waals surface area contributed by atoms with Crippen molar-refractivity contribution in [2.24, 2.45) is 4.99 Å². The molecule has 0 spiro atoms. The van der Waals surface area contributed by atoms with Crippen LogP contribution in [0, 0.1) is 0 Å². The maximum Gasteiger partial charge on any atom is 0.119 e. The molecule has 1 N–H and O–H groups in total. The van der Waals surface area contributed by atoms with E-state index >= 15 is 0 Å². The van der Waals surface area contributed by atoms with E-state index in [1.54, 1.807) is 7.11 Å². The van der Waals surface area contributed by atoms with Crippen molar-refractivity contribution in [3.63, 3.8) is 0 Å². The van der Waals surface area contributed by atoms with Gasteiger partial charge in [0.2, 0.25) is 0 Å². The number of aliphatic imine (C=N–C) groups is 1. The molecule has 0 saturated heterocycles. The molecule has 0 aliphatic carbocycles. The van der Waals surface area contributed by atoms with Gasteiger partial charge in [0.05, 0.1) is 18.5 Å². The average molecular weight is 224 g/mol. The van der Waals surface area contributed by atoms with Crippen LogP contribution in [-0.2, 0) is 0 Å². The molecule has 1 heterocycles. The number of hydrogen-bond acceptors (Lipinski definition) is 3. The quantitative estimate of drug-likeness (QED) is 0.686. The Morgan fingerprint density at radius 1 is 1.06 bits per heavy atom. The number of methoxy groups -OCH3 is 1. The van der Waals surface area contributed by atoms with Crippen LogP contribution < -0.4 is 10.1 Å². The van der Waals surface area contributed by atoms with E-state index in [0.717, 1.165) is 28.4 Å². The van der Waals surface area contributed by atoms with E-state index in [2.05, 4.69) is 10.3 Å². The Kier molecular flexibility index (Phi) is 2.29. The molecule has 2 aromatic carbocycles. The lowest BCUT2D eigenvalue weighted by atomic mass is 10.2. The summed E-state index contributed by atoms with van der Waals surface area (Å²) in [4.78, 5) is 4.46. The molecule has 84 valence electrons. The van der Waals surface area contributed by atoms with Gasteiger partial charge in [-0.2, -0.15) is 0 Å². The van der Waals surface area contributed by atoms with Crippen molar-refractivity contribution in [3.05, 3.63) is 48.0 Å². The van der Waals surface area contributed by atoms with Crippen LogP contribution in [-0.4, -0.2) is 13.3 Å². The molecule has 1 aliphatic rings. The number of ether oxygens (including phenoxy) is 1. The highest BCUT2D eigenvalue weighted by Gasteiger charge is 2.09. The van der Waals surface area contributed by atoms with Crippen LogP contribution in [0.5, 0.6) is 5.75 Å². The van der Waals surface area contributed by atoms with E-state index in [-0.39, 0.29) is 0 Å². The number of benzene rings is 2. The lowest BCUT2D eigenvalue weighted by Gasteiger charge is -2.09. The fourth-order valence-electron chi connectivity index (χ4n) is 1.86. The summed E-state index contributed by atoms with van der Waals surface area (Å²) < 4.78 is 5.21. The van der Waals surface area contributed by atoms with Crippen LogP contribution in [0.3, 0.4) is 0 Å². The third kappa shape index (κ3) is 1.76. The second kappa shape index (κ2) is 3.94. The van der Waals surface area contributed by atoms with Crippen molar-refractivity contribution in [2.45, 2.75) is 0 Å². The van der Waals surface area contributed by atoms with Crippen LogP contribution in [0.1, 0.15) is 5.56 Å². The van der Waals surface area contributed by atoms with Gasteiger partial charge >= 0.3 is 0 Å². The molecule has 1 aliphatic heterocycles. The van der Waals surface area contributed by atoms with Crippen LogP contribution in [0.2, 0.25) is 0 Å². The van der Waals surface area contributed by atoms with Crippen molar-refractivity contribution >= 4 is 23.3 Å². The monoisotopic (exact) mass is 224 g/mol. The molecule has 0 radical (unpaired) electrons. The van der Waals surface area contributed by atoms with Gasteiger partial charge < -0.3 is 10.1 Å². The van der Waals surface area contributed by atoms with Gasteiger partial charge in [0.1, 0.15) is 5.75 Å². The number of anilines is 2. The Morgan fingerprint density at radius 3 is 2.82 bits per heavy atom. The third-order valence-corrected chi connectivity index (χ3v) is 2.77. The second-order valence-electron chi connectivity index (χ2n) is 3.85. The smallest absolute Gasteiger partial charge is 0.119 e. The first-order valence-corrected chi connectivity index (χ1v) is 5.45. The molecule has 3 rings (SSSR count). The highest BCUT2D eigenvalue weighted by Crippen LogP contribution is 2.33. The van der Waals surface area contributed by atoms with E-state index in [1.807, 2.05) is 48.7 Å². The SMILES string of the molecule is COc1ccc2c(c1)C=Nc1ccccc1N2. The maximum absolute atomic E-state index is 5.21. The first-order valence-electron chi connectivity index (χ1n) is 5.45. The van der Waals surface area contributed by atoms with Crippen molar-refractivity contribution in [1.29, 1.82) is 0 Å². The van der Waals surface area contributed by atoms with Crippen molar-refractivity contribution in [2.75, 3.05) is 12.4 Å². The van der Waals surface area contributed by atoms with E-state index in [4.69, 9.17) is 4.74 Å². The molecule has 0 bridgehead atoms. The first kappa shape index (κ1) is 9.90. The summed E-state index contributed by atoms with van der Waals surface area (Å²) in [6, 6.07) is 13.9. The normalized spacial score (nSPS) is 12.1. The zero-order chi connectivity index (χ0) is 11.7. The van der Waals surface area contributed by atoms with Crippen LogP contribution in [0.15, 0.2) is 47.5 Å². The molecule has 0 amide bonds. The largest absolute Gasteiger partial charge is 0.497 e. The number of para-hydroxylation sites is 2. The summed E-state index contributed by atoms with van der Waals surface area (Å²) in [5.74, 6) is 0.836. The van der Waals surface area contributed by atoms with Crippen molar-refractivity contribution < 1.29 is 4.74 Å². The predicted octanol–water partition coefficient (Wildman–Crippen LogP) is 3.50. The van der Waals surface area contributed by atoms with Crippen molar-refractivity contribution in [3.8, 4) is 5.75 Å². The summed E-state index contributed by atoms with van der Waals surface area (Å²) in [5, 5.41) is 3.37. The van der Waals surface area contributed by atoms with Crippen LogP contribution in [0.4, 0.5) is 17.1 Å². The molecule has 2 aromatic rings. The topological polar surface area (TPSA) is 33.6 Å². The van der Waals surface area contributed by atoms with E-state index in [9.17, 15) is 0 Å². The van der Waals surface area contributed by atoms with Gasteiger partial charge in [-0.25, -0.2) is 0 Å². The minimum Gasteiger partial charge on any atom is -0.497 e. The molecule has 0 aromatic heterocycles. The summed E-state index contributed by atoms with van der Waals surface area (Å²) >= 11 is 0. The Labute approximate surface area is 99.8 Å². The molecular weight excluding hydrogens is 212 g/mol. The van der Waals surface area contributed by atoms with Crippen molar-refractivity contribution in [1.82, 2.24) is 0 Å². The van der Waals surface area contributed by atoms with Gasteiger partial charge in [-0.3, -0.25) is 4.99 Å². The lowest BCUT2D eigenvalue weighted by Crippen LogP contribution is -1.94. The lowest BCUT2D eigenvalue weighted by molar-refractivity contribution is 0.415. The minimum absolute atomic E-state index is 0.836. The number of rotatable bonds is 1. The Hall–Kier alpha value is -2.29. The summed E-state index contributed by atoms with van der Waals surface area (Å²) in [5.41, 5.74) is 4.04. The fraction of sp³-hybridized carbons (Fsp3) is 0.0714. The van der Waals surface area contributed by atoms with Gasteiger partial charge in [0.15, 0.2) is 0 Å². The summed E-state index contributed by atoms with van der Waals surface area (Å²) in [6.45, 7) is 0. The van der Waals surface area contributed by atoms with Gasteiger partial charge in [0, 0.05) is 17.5 Å². The van der Waals surface area contributed by atoms with Gasteiger partial charge in [-0.1, -0.05) is 12.1 Å². The Bertz CT molecular complexity index is 591. The zero-order valence-corrected chi connectivity index (χ0v) is 9.47. The maximum atomic E-state index is 5.21. The van der Waals surface area contributed by atoms with Gasteiger partial charge in [0.25, 0.3) is 0 Å². The molecule has 0 fully saturated rings. The Morgan fingerprint density at radius 2 is 1.94 bits per heavy atom. The predicted molar refractivity (Wildman–Crippen MR) is 70.0 cm³/mol. The zero-order valence-electron chi connectivity index (χ0n) is 9.47. The molecule has 0 unspecified atom stereocenters. The fourth-order valence-corrected chi connectivity index (χ4v) is 1.86. The first-order chi connectivity index (χ1) is 8.36. The molecule has 3 nitrogen and oxygen atoms in total. The highest BCUT2D eigenvalue weighted by molar-refractivity contribution is 5.95. The molecule has 3 heteroatoms. The number of nitrogens with one attached hydrogen (secondary N) is 1. The van der Waals surface area contributed by atoms with Gasteiger partial charge in [-0.05, 0) is 30.3 Å². The van der Waals surface area contributed by atoms with Crippen LogP contribution >= 0.6 is 0 Å². The summed E-state index contributed by atoms with van der Waals surface area (Å²) in [7, 11) is 1.66. The molecule has 17 heavy (non-hydrogen) atoms. The number of hydrogen-bond donors (Lipinski definition) is 1. The van der Waals surface area contributed by atoms with Gasteiger partial charge in [-0.15, -0.1) is 0 Å². The molecular formula is C14H12N2O. The summed E-state index contributed by atoms with van der Waals surface area (Å²) in [6.07, 6.45) is 1.86. The minimum atomic E-state index is 0.836. The highest BCUT2D eigenvalue weighted by atomic mass is 16.5. The molecule has 0 saturated carbocycles. The number of nitrogens with zero attached hydrogens (tertiary/aromatic N) is 1. The molecule has 0 atom stereocenters. The van der Waals surface area contributed by atoms with E-state index in [1.165, 1.54) is 0 Å². The van der Waals surface area contributed by atoms with E-state index in [0.29, 0.717) is 0 Å². The standard InChI is InChI=1S/C14H12N2O/c1-17-11-6-7-12-10(8-11)9-15-13-4-2-3-5-14(13)16-12/h2-9,16H,1H3. The third-order valence-electron chi connectivity index (χ3n) is 2.77.